The van der Waals surface area contributed by atoms with E-state index < -0.39 is 66.1 Å². The first kappa shape index (κ1) is 33.3. The molecule has 246 valence electrons. The van der Waals surface area contributed by atoms with Gasteiger partial charge in [-0.2, -0.15) is 0 Å². The Morgan fingerprint density at radius 2 is 1.71 bits per heavy atom. The molecule has 0 bridgehead atoms. The zero-order chi connectivity index (χ0) is 32.1. The van der Waals surface area contributed by atoms with Gasteiger partial charge in [-0.1, -0.05) is 23.7 Å². The molecule has 6 atom stereocenters. The van der Waals surface area contributed by atoms with Crippen LogP contribution < -0.4 is 4.74 Å². The van der Waals surface area contributed by atoms with Crippen LogP contribution in [0.15, 0.2) is 30.5 Å². The third kappa shape index (κ3) is 8.41. The Bertz CT molecular complexity index is 1330. The summed E-state index contributed by atoms with van der Waals surface area (Å²) < 4.78 is 34.1. The largest absolute Gasteiger partial charge is 0.514 e. The molecule has 2 aromatic rings. The SMILES string of the molecule is Cc1ncc2c(c1OC(=O)O[C@@H]1CO[C@H]3[C@@H]1OC[C@H]3OC(=O)CCC[C@@H](CON(O)O)ON(O)O)CO[C@H]2c1ccc(Cl)cc1. The first-order valence-electron chi connectivity index (χ1n) is 13.9. The Kier molecular flexibility index (Phi) is 11.1. The molecule has 0 saturated carbocycles. The maximum atomic E-state index is 12.9. The number of hydrogen-bond donors (Lipinski definition) is 4. The maximum Gasteiger partial charge on any atom is 0.514 e. The summed E-state index contributed by atoms with van der Waals surface area (Å²) in [4.78, 5) is 38.7. The van der Waals surface area contributed by atoms with Crippen LogP contribution >= 0.6 is 11.6 Å². The molecule has 45 heavy (non-hydrogen) atoms. The molecule has 4 heterocycles. The van der Waals surface area contributed by atoms with Gasteiger partial charge in [0.25, 0.3) is 0 Å². The number of carbonyl (C=O) groups is 2. The Balaban J connectivity index is 1.10. The summed E-state index contributed by atoms with van der Waals surface area (Å²) in [6, 6.07) is 7.25. The molecule has 3 aliphatic heterocycles. The Labute approximate surface area is 260 Å². The van der Waals surface area contributed by atoms with E-state index in [9.17, 15) is 9.59 Å². The highest BCUT2D eigenvalue weighted by molar-refractivity contribution is 6.30. The van der Waals surface area contributed by atoms with Crippen LogP contribution in [0.3, 0.4) is 0 Å². The number of nitrogens with zero attached hydrogens (tertiary/aromatic N) is 3. The molecule has 1 aromatic carbocycles. The molecule has 4 N–H and O–H groups in total. The average molecular weight is 658 g/mol. The van der Waals surface area contributed by atoms with Crippen molar-refractivity contribution in [1.29, 1.82) is 0 Å². The van der Waals surface area contributed by atoms with Crippen molar-refractivity contribution in [3.63, 3.8) is 0 Å². The summed E-state index contributed by atoms with van der Waals surface area (Å²) >= 11 is 6.01. The topological polar surface area (TPSA) is 208 Å². The predicted molar refractivity (Wildman–Crippen MR) is 143 cm³/mol. The second-order valence-corrected chi connectivity index (χ2v) is 10.8. The van der Waals surface area contributed by atoms with E-state index in [-0.39, 0.29) is 44.8 Å². The fourth-order valence-electron chi connectivity index (χ4n) is 5.35. The van der Waals surface area contributed by atoms with Gasteiger partial charge in [-0.3, -0.25) is 30.6 Å². The van der Waals surface area contributed by atoms with Crippen molar-refractivity contribution in [3.8, 4) is 5.75 Å². The molecule has 0 amide bonds. The molecular weight excluding hydrogens is 626 g/mol. The van der Waals surface area contributed by atoms with Gasteiger partial charge in [0.15, 0.2) is 18.0 Å². The summed E-state index contributed by atoms with van der Waals surface area (Å²) in [5.74, 6) is -0.342. The lowest BCUT2D eigenvalue weighted by Crippen LogP contribution is -2.36. The summed E-state index contributed by atoms with van der Waals surface area (Å²) in [6.07, 6.45) is -3.50. The first-order chi connectivity index (χ1) is 21.6. The van der Waals surface area contributed by atoms with Crippen LogP contribution in [0.25, 0.3) is 0 Å². The van der Waals surface area contributed by atoms with E-state index in [4.69, 9.17) is 60.9 Å². The van der Waals surface area contributed by atoms with Crippen molar-refractivity contribution < 1.29 is 68.5 Å². The van der Waals surface area contributed by atoms with Crippen LogP contribution in [0.4, 0.5) is 4.79 Å². The number of aryl methyl sites for hydroxylation is 1. The maximum absolute atomic E-state index is 12.9. The molecule has 18 heteroatoms. The second kappa shape index (κ2) is 15.0. The molecule has 0 spiro atoms. The molecule has 1 aromatic heterocycles. The fraction of sp³-hybridized carbons (Fsp3) is 0.519. The van der Waals surface area contributed by atoms with Gasteiger partial charge in [0.1, 0.15) is 31.0 Å². The predicted octanol–water partition coefficient (Wildman–Crippen LogP) is 2.82. The quantitative estimate of drug-likeness (QED) is 0.180. The van der Waals surface area contributed by atoms with Gasteiger partial charge in [-0.15, -0.1) is 0 Å². The summed E-state index contributed by atoms with van der Waals surface area (Å²) in [6.45, 7) is 1.46. The number of fused-ring (bicyclic) bond motifs is 2. The van der Waals surface area contributed by atoms with Gasteiger partial charge in [-0.25, -0.2) is 14.5 Å². The van der Waals surface area contributed by atoms with Gasteiger partial charge < -0.3 is 28.4 Å². The standard InChI is InChI=1S/C27H32ClN3O14/c1-14-23(19-11-38-24(18(19)9-29-14)15-5-7-16(28)8-6-15)44-27(33)43-21-13-40-25-20(12-39-26(21)25)42-22(32)4-2-3-17(45-31(36)37)10-41-30(34)35/h5-9,17,20-21,24-26,34-37H,2-4,10-13H2,1H3/t17-,20+,21+,24-,25+,26+/m0/s1. The highest BCUT2D eigenvalue weighted by Gasteiger charge is 2.51. The summed E-state index contributed by atoms with van der Waals surface area (Å²) in [5.41, 5.74) is 2.81. The lowest BCUT2D eigenvalue weighted by Gasteiger charge is -2.19. The number of carbonyl (C=O) groups excluding carboxylic acids is 2. The normalized spacial score (nSPS) is 24.5. The van der Waals surface area contributed by atoms with E-state index >= 15 is 0 Å². The van der Waals surface area contributed by atoms with Crippen molar-refractivity contribution in [2.75, 3.05) is 19.8 Å². The van der Waals surface area contributed by atoms with Crippen molar-refractivity contribution in [2.45, 2.75) is 69.4 Å². The number of pyridine rings is 1. The van der Waals surface area contributed by atoms with Gasteiger partial charge in [-0.05, 0) is 37.5 Å². The second-order valence-electron chi connectivity index (χ2n) is 10.4. The number of ether oxygens (including phenoxy) is 6. The molecule has 2 fully saturated rings. The molecule has 5 rings (SSSR count). The monoisotopic (exact) mass is 657 g/mol. The van der Waals surface area contributed by atoms with Crippen LogP contribution in [0, 0.1) is 6.92 Å². The van der Waals surface area contributed by atoms with Gasteiger partial charge >= 0.3 is 12.1 Å². The van der Waals surface area contributed by atoms with Crippen LogP contribution in [0.2, 0.25) is 5.02 Å². The number of rotatable bonds is 13. The van der Waals surface area contributed by atoms with E-state index in [0.29, 0.717) is 16.3 Å². The minimum atomic E-state index is -1.03. The smallest absolute Gasteiger partial charge is 0.457 e. The van der Waals surface area contributed by atoms with Crippen LogP contribution in [0.5, 0.6) is 5.75 Å². The van der Waals surface area contributed by atoms with E-state index in [2.05, 4.69) is 14.7 Å². The van der Waals surface area contributed by atoms with E-state index in [1.165, 1.54) is 0 Å². The number of aromatic nitrogens is 1. The zero-order valence-corrected chi connectivity index (χ0v) is 24.6. The molecular formula is C27H32ClN3O14. The minimum absolute atomic E-state index is 0.00502. The van der Waals surface area contributed by atoms with E-state index in [0.717, 1.165) is 11.1 Å². The molecule has 2 saturated heterocycles. The van der Waals surface area contributed by atoms with Crippen molar-refractivity contribution in [3.05, 3.63) is 57.9 Å². The summed E-state index contributed by atoms with van der Waals surface area (Å²) in [7, 11) is 0. The molecule has 0 radical (unpaired) electrons. The average Bonchev–Trinajstić information content (AvgIpc) is 3.70. The highest BCUT2D eigenvalue weighted by Crippen LogP contribution is 2.41. The van der Waals surface area contributed by atoms with Crippen LogP contribution in [-0.4, -0.2) is 99.1 Å². The van der Waals surface area contributed by atoms with Gasteiger partial charge in [0.2, 0.25) is 0 Å². The van der Waals surface area contributed by atoms with Crippen molar-refractivity contribution >= 4 is 23.7 Å². The highest BCUT2D eigenvalue weighted by atomic mass is 35.5. The van der Waals surface area contributed by atoms with Crippen LogP contribution in [0.1, 0.15) is 47.8 Å². The lowest BCUT2D eigenvalue weighted by molar-refractivity contribution is -0.527. The Morgan fingerprint density at radius 1 is 1.02 bits per heavy atom. The third-order valence-electron chi connectivity index (χ3n) is 7.40. The number of benzene rings is 1. The third-order valence-corrected chi connectivity index (χ3v) is 7.65. The fourth-order valence-corrected chi connectivity index (χ4v) is 5.47. The van der Waals surface area contributed by atoms with E-state index in [1.54, 1.807) is 25.3 Å². The minimum Gasteiger partial charge on any atom is -0.457 e. The van der Waals surface area contributed by atoms with Crippen LogP contribution in [-0.2, 0) is 44.8 Å². The van der Waals surface area contributed by atoms with Crippen molar-refractivity contribution in [1.82, 2.24) is 15.8 Å². The summed E-state index contributed by atoms with van der Waals surface area (Å²) in [5, 5.41) is 34.4. The molecule has 0 unspecified atom stereocenters. The van der Waals surface area contributed by atoms with Gasteiger partial charge in [0.05, 0.1) is 36.3 Å². The zero-order valence-electron chi connectivity index (χ0n) is 23.9. The van der Waals surface area contributed by atoms with Gasteiger partial charge in [0, 0.05) is 28.8 Å². The molecule has 17 nitrogen and oxygen atoms in total. The first-order valence-corrected chi connectivity index (χ1v) is 14.3. The Morgan fingerprint density at radius 3 is 2.38 bits per heavy atom. The Hall–Kier alpha value is -3.04. The number of halogens is 1. The number of esters is 1. The molecule has 0 aliphatic carbocycles. The van der Waals surface area contributed by atoms with Crippen molar-refractivity contribution in [2.24, 2.45) is 0 Å². The lowest BCUT2D eigenvalue weighted by atomic mass is 10.0. The van der Waals surface area contributed by atoms with E-state index in [1.807, 2.05) is 12.1 Å². The molecule has 3 aliphatic rings. The number of hydrogen-bond acceptors (Lipinski definition) is 17.